The van der Waals surface area contributed by atoms with Crippen molar-refractivity contribution < 1.29 is 0 Å². The van der Waals surface area contributed by atoms with Gasteiger partial charge in [0.2, 0.25) is 0 Å². The van der Waals surface area contributed by atoms with Crippen LogP contribution in [0.15, 0.2) is 41.7 Å². The number of benzene rings is 1. The fourth-order valence-corrected chi connectivity index (χ4v) is 3.70. The van der Waals surface area contributed by atoms with Gasteiger partial charge in [-0.1, -0.05) is 51.1 Å². The fourth-order valence-electron chi connectivity index (χ4n) is 3.70. The normalized spacial score (nSPS) is 15.3. The molecule has 7 nitrogen and oxygen atoms in total. The number of piperazine rings is 1. The Hall–Kier alpha value is -1.68. The summed E-state index contributed by atoms with van der Waals surface area (Å²) in [5.74, 6) is 2.74. The molecule has 0 spiro atoms. The molecule has 0 bridgehead atoms. The lowest BCUT2D eigenvalue weighted by atomic mass is 10.2. The molecule has 30 heavy (non-hydrogen) atoms. The maximum absolute atomic E-state index is 4.94. The summed E-state index contributed by atoms with van der Waals surface area (Å²) in [4.78, 5) is 9.89. The van der Waals surface area contributed by atoms with E-state index in [-0.39, 0.29) is 24.0 Å². The third-order valence-corrected chi connectivity index (χ3v) is 5.20. The van der Waals surface area contributed by atoms with Crippen LogP contribution in [0.2, 0.25) is 0 Å². The summed E-state index contributed by atoms with van der Waals surface area (Å²) in [6, 6.07) is 10.4. The quantitative estimate of drug-likeness (QED) is 0.327. The molecular formula is C22H36IN7. The van der Waals surface area contributed by atoms with Gasteiger partial charge < -0.3 is 14.8 Å². The molecule has 1 saturated heterocycles. The highest BCUT2D eigenvalue weighted by molar-refractivity contribution is 14.0. The Labute approximate surface area is 198 Å². The van der Waals surface area contributed by atoms with Crippen LogP contribution in [0.25, 0.3) is 0 Å². The second kappa shape index (κ2) is 12.9. The van der Waals surface area contributed by atoms with Gasteiger partial charge in [0.25, 0.3) is 0 Å². The van der Waals surface area contributed by atoms with Crippen molar-refractivity contribution in [3.8, 4) is 0 Å². The van der Waals surface area contributed by atoms with Gasteiger partial charge in [-0.05, 0) is 11.5 Å². The van der Waals surface area contributed by atoms with E-state index >= 15 is 0 Å². The number of guanidine groups is 1. The molecule has 1 fully saturated rings. The minimum Gasteiger partial charge on any atom is -0.354 e. The number of hydrogen-bond donors (Lipinski definition) is 1. The van der Waals surface area contributed by atoms with Gasteiger partial charge >= 0.3 is 0 Å². The molecule has 2 aromatic rings. The van der Waals surface area contributed by atoms with Gasteiger partial charge in [0.15, 0.2) is 5.96 Å². The number of nitrogens with one attached hydrogen (secondary N) is 1. The summed E-state index contributed by atoms with van der Waals surface area (Å²) in [5, 5.41) is 11.8. The molecule has 1 aliphatic rings. The number of rotatable bonds is 8. The number of hydrogen-bond acceptors (Lipinski definition) is 4. The second-order valence-electron chi connectivity index (χ2n) is 8.03. The van der Waals surface area contributed by atoms with Crippen LogP contribution in [-0.4, -0.2) is 69.8 Å². The average molecular weight is 525 g/mol. The number of aromatic nitrogens is 3. The highest BCUT2D eigenvalue weighted by atomic mass is 127. The van der Waals surface area contributed by atoms with E-state index in [4.69, 9.17) is 4.99 Å². The zero-order chi connectivity index (χ0) is 20.5. The molecule has 0 aliphatic carbocycles. The molecule has 0 unspecified atom stereocenters. The van der Waals surface area contributed by atoms with Crippen LogP contribution in [0.5, 0.6) is 0 Å². The van der Waals surface area contributed by atoms with Gasteiger partial charge in [-0.2, -0.15) is 0 Å². The molecule has 1 N–H and O–H groups in total. The van der Waals surface area contributed by atoms with Crippen LogP contribution < -0.4 is 5.32 Å². The second-order valence-corrected chi connectivity index (χ2v) is 8.03. The first-order chi connectivity index (χ1) is 14.2. The minimum absolute atomic E-state index is 0. The molecule has 0 amide bonds. The summed E-state index contributed by atoms with van der Waals surface area (Å²) in [6.07, 6.45) is 2.71. The standard InChI is InChI=1S/C22H35N7.HI/c1-4-21-26-25-18-29(21)11-10-23-22(24-16-20-8-6-5-7-9-20)28-14-12-27(13-15-28)17-19(2)3;/h5-9,18-19H,4,10-17H2,1-3H3,(H,23,24);1H. The van der Waals surface area contributed by atoms with E-state index in [0.717, 1.165) is 57.5 Å². The Kier molecular flexibility index (Phi) is 10.6. The van der Waals surface area contributed by atoms with Gasteiger partial charge in [-0.15, -0.1) is 34.2 Å². The van der Waals surface area contributed by atoms with E-state index in [2.05, 4.69) is 74.9 Å². The summed E-state index contributed by atoms with van der Waals surface area (Å²) in [6.45, 7) is 14.4. The van der Waals surface area contributed by atoms with Crippen molar-refractivity contribution in [2.75, 3.05) is 39.3 Å². The Morgan fingerprint density at radius 3 is 2.53 bits per heavy atom. The van der Waals surface area contributed by atoms with Crippen molar-refractivity contribution >= 4 is 29.9 Å². The van der Waals surface area contributed by atoms with Crippen LogP contribution in [0, 0.1) is 5.92 Å². The Bertz CT molecular complexity index is 752. The summed E-state index contributed by atoms with van der Waals surface area (Å²) in [7, 11) is 0. The van der Waals surface area contributed by atoms with E-state index in [1.165, 1.54) is 12.1 Å². The van der Waals surface area contributed by atoms with Crippen molar-refractivity contribution in [3.63, 3.8) is 0 Å². The largest absolute Gasteiger partial charge is 0.354 e. The van der Waals surface area contributed by atoms with Crippen LogP contribution >= 0.6 is 24.0 Å². The summed E-state index contributed by atoms with van der Waals surface area (Å²) >= 11 is 0. The van der Waals surface area contributed by atoms with Crippen LogP contribution in [-0.2, 0) is 19.5 Å². The number of nitrogens with zero attached hydrogens (tertiary/aromatic N) is 6. The Morgan fingerprint density at radius 1 is 1.13 bits per heavy atom. The Balaban J connectivity index is 0.00000320. The SMILES string of the molecule is CCc1nncn1CCNC(=NCc1ccccc1)N1CCN(CC(C)C)CC1.I. The minimum atomic E-state index is 0. The topological polar surface area (TPSA) is 61.6 Å². The summed E-state index contributed by atoms with van der Waals surface area (Å²) < 4.78 is 2.11. The van der Waals surface area contributed by atoms with Crippen LogP contribution in [0.1, 0.15) is 32.2 Å². The first-order valence-corrected chi connectivity index (χ1v) is 10.8. The zero-order valence-corrected chi connectivity index (χ0v) is 20.8. The number of halogens is 1. The first kappa shape index (κ1) is 24.6. The van der Waals surface area contributed by atoms with Gasteiger partial charge in [-0.25, -0.2) is 4.99 Å². The predicted octanol–water partition coefficient (Wildman–Crippen LogP) is 2.88. The first-order valence-electron chi connectivity index (χ1n) is 10.8. The molecule has 1 aromatic carbocycles. The van der Waals surface area contributed by atoms with Crippen molar-refractivity contribution in [3.05, 3.63) is 48.0 Å². The molecule has 3 rings (SSSR count). The molecule has 8 heteroatoms. The van der Waals surface area contributed by atoms with Gasteiger partial charge in [0, 0.05) is 52.2 Å². The smallest absolute Gasteiger partial charge is 0.194 e. The predicted molar refractivity (Wildman–Crippen MR) is 133 cm³/mol. The lowest BCUT2D eigenvalue weighted by molar-refractivity contribution is 0.163. The van der Waals surface area contributed by atoms with Gasteiger partial charge in [0.05, 0.1) is 6.54 Å². The molecule has 1 aliphatic heterocycles. The fraction of sp³-hybridized carbons (Fsp3) is 0.591. The van der Waals surface area contributed by atoms with E-state index in [1.54, 1.807) is 0 Å². The van der Waals surface area contributed by atoms with E-state index in [0.29, 0.717) is 12.5 Å². The van der Waals surface area contributed by atoms with E-state index in [9.17, 15) is 0 Å². The highest BCUT2D eigenvalue weighted by Crippen LogP contribution is 2.07. The van der Waals surface area contributed by atoms with Crippen molar-refractivity contribution in [2.45, 2.75) is 40.3 Å². The average Bonchev–Trinajstić information content (AvgIpc) is 3.19. The molecule has 0 radical (unpaired) electrons. The maximum atomic E-state index is 4.94. The monoisotopic (exact) mass is 525 g/mol. The molecule has 0 saturated carbocycles. The molecular weight excluding hydrogens is 489 g/mol. The third kappa shape index (κ3) is 7.54. The molecule has 2 heterocycles. The van der Waals surface area contributed by atoms with Gasteiger partial charge in [-0.3, -0.25) is 4.90 Å². The molecule has 0 atom stereocenters. The van der Waals surface area contributed by atoms with Crippen molar-refractivity contribution in [2.24, 2.45) is 10.9 Å². The van der Waals surface area contributed by atoms with Gasteiger partial charge in [0.1, 0.15) is 12.2 Å². The maximum Gasteiger partial charge on any atom is 0.194 e. The van der Waals surface area contributed by atoms with Crippen LogP contribution in [0.3, 0.4) is 0 Å². The molecule has 166 valence electrons. The molecule has 1 aromatic heterocycles. The van der Waals surface area contributed by atoms with Crippen molar-refractivity contribution in [1.82, 2.24) is 29.9 Å². The summed E-state index contributed by atoms with van der Waals surface area (Å²) in [5.41, 5.74) is 1.23. The van der Waals surface area contributed by atoms with E-state index < -0.39 is 0 Å². The lowest BCUT2D eigenvalue weighted by Gasteiger charge is -2.37. The van der Waals surface area contributed by atoms with E-state index in [1.807, 2.05) is 12.4 Å². The highest BCUT2D eigenvalue weighted by Gasteiger charge is 2.20. The lowest BCUT2D eigenvalue weighted by Crippen LogP contribution is -2.53. The Morgan fingerprint density at radius 2 is 1.87 bits per heavy atom. The van der Waals surface area contributed by atoms with Crippen molar-refractivity contribution in [1.29, 1.82) is 0 Å². The zero-order valence-electron chi connectivity index (χ0n) is 18.5. The van der Waals surface area contributed by atoms with Crippen LogP contribution in [0.4, 0.5) is 0 Å². The number of aryl methyl sites for hydroxylation is 1. The third-order valence-electron chi connectivity index (χ3n) is 5.20. The number of aliphatic imine (C=N–C) groups is 1.